The maximum absolute atomic E-state index is 12.8. The highest BCUT2D eigenvalue weighted by molar-refractivity contribution is 5.93. The number of aliphatic carboxylic acids is 1. The van der Waals surface area contributed by atoms with Crippen molar-refractivity contribution in [1.82, 2.24) is 0 Å². The quantitative estimate of drug-likeness (QED) is 0.774. The molecule has 3 rings (SSSR count). The van der Waals surface area contributed by atoms with Crippen molar-refractivity contribution in [2.75, 3.05) is 6.61 Å². The molecule has 1 aromatic rings. The van der Waals surface area contributed by atoms with Crippen molar-refractivity contribution in [2.24, 2.45) is 0 Å². The summed E-state index contributed by atoms with van der Waals surface area (Å²) in [6.07, 6.45) is -5.83. The first-order valence-electron chi connectivity index (χ1n) is 5.82. The number of benzene rings is 1. The third-order valence-corrected chi connectivity index (χ3v) is 3.19. The van der Waals surface area contributed by atoms with Crippen LogP contribution in [0, 0.1) is 0 Å². The second kappa shape index (κ2) is 4.16. The molecule has 0 saturated carbocycles. The average molecular weight is 285 g/mol. The van der Waals surface area contributed by atoms with Gasteiger partial charge in [-0.2, -0.15) is 13.2 Å². The van der Waals surface area contributed by atoms with Crippen LogP contribution in [0.3, 0.4) is 0 Å². The smallest absolute Gasteiger partial charge is 0.429 e. The molecule has 0 aliphatic carbocycles. The Kier molecular flexibility index (Phi) is 2.67. The van der Waals surface area contributed by atoms with E-state index in [1.165, 1.54) is 12.1 Å². The van der Waals surface area contributed by atoms with Crippen LogP contribution >= 0.6 is 0 Å². The summed E-state index contributed by atoms with van der Waals surface area (Å²) in [5, 5.41) is 10.9. The van der Waals surface area contributed by atoms with E-state index >= 15 is 0 Å². The molecule has 1 aromatic carbocycles. The maximum atomic E-state index is 12.8. The summed E-state index contributed by atoms with van der Waals surface area (Å²) < 4.78 is 48.6. The highest BCUT2D eigenvalue weighted by Crippen LogP contribution is 2.41. The molecule has 0 aromatic heterocycles. The van der Waals surface area contributed by atoms with Crippen LogP contribution in [0.15, 0.2) is 17.7 Å². The van der Waals surface area contributed by atoms with Crippen molar-refractivity contribution in [3.8, 4) is 11.5 Å². The molecule has 0 N–H and O–H groups in total. The second-order valence-electron chi connectivity index (χ2n) is 4.52. The number of hydrogen-bond acceptors (Lipinski definition) is 4. The van der Waals surface area contributed by atoms with E-state index in [-0.39, 0.29) is 11.3 Å². The fourth-order valence-electron chi connectivity index (χ4n) is 2.28. The number of carboxylic acids is 1. The number of carbonyl (C=O) groups excluding carboxylic acids is 1. The van der Waals surface area contributed by atoms with E-state index in [0.717, 1.165) is 11.6 Å². The summed E-state index contributed by atoms with van der Waals surface area (Å²) in [6, 6.07) is 2.94. The van der Waals surface area contributed by atoms with Crippen LogP contribution in [-0.2, 0) is 11.2 Å². The molecule has 0 radical (unpaired) electrons. The summed E-state index contributed by atoms with van der Waals surface area (Å²) in [5.74, 6) is -1.37. The van der Waals surface area contributed by atoms with Gasteiger partial charge >= 0.3 is 6.18 Å². The van der Waals surface area contributed by atoms with Gasteiger partial charge in [0.25, 0.3) is 0 Å². The van der Waals surface area contributed by atoms with Gasteiger partial charge in [-0.15, -0.1) is 0 Å². The van der Waals surface area contributed by atoms with Crippen LogP contribution < -0.4 is 14.6 Å². The molecule has 7 heteroatoms. The Bertz CT molecular complexity index is 619. The molecule has 4 nitrogen and oxygen atoms in total. The molecule has 2 heterocycles. The van der Waals surface area contributed by atoms with Gasteiger partial charge in [-0.05, 0) is 18.2 Å². The van der Waals surface area contributed by atoms with Crippen molar-refractivity contribution in [2.45, 2.75) is 18.7 Å². The summed E-state index contributed by atoms with van der Waals surface area (Å²) in [4.78, 5) is 10.9. The molecule has 20 heavy (non-hydrogen) atoms. The van der Waals surface area contributed by atoms with E-state index < -0.39 is 23.8 Å². The van der Waals surface area contributed by atoms with Gasteiger partial charge < -0.3 is 19.4 Å². The Balaban J connectivity index is 2.10. The first-order valence-corrected chi connectivity index (χ1v) is 5.82. The van der Waals surface area contributed by atoms with E-state index in [9.17, 15) is 23.1 Å². The van der Waals surface area contributed by atoms with Gasteiger partial charge in [0.2, 0.25) is 6.10 Å². The van der Waals surface area contributed by atoms with E-state index in [4.69, 9.17) is 9.47 Å². The Hall–Kier alpha value is -2.18. The standard InChI is InChI=1S/C13H9F3O4/c14-13(15,16)11-8(12(17)18)3-7-5-9-6(1-2-19-9)4-10(7)20-11/h3-5,11H,1-2H2,(H,17,18)/p-1. The highest BCUT2D eigenvalue weighted by atomic mass is 19.4. The van der Waals surface area contributed by atoms with E-state index in [1.807, 2.05) is 0 Å². The zero-order valence-electron chi connectivity index (χ0n) is 9.99. The molecule has 0 bridgehead atoms. The van der Waals surface area contributed by atoms with Crippen molar-refractivity contribution in [1.29, 1.82) is 0 Å². The zero-order valence-corrected chi connectivity index (χ0v) is 9.99. The first-order chi connectivity index (χ1) is 9.36. The first kappa shape index (κ1) is 12.8. The number of halogens is 3. The minimum Gasteiger partial charge on any atom is -0.545 e. The van der Waals surface area contributed by atoms with Crippen LogP contribution in [0.25, 0.3) is 6.08 Å². The third-order valence-electron chi connectivity index (χ3n) is 3.19. The highest BCUT2D eigenvalue weighted by Gasteiger charge is 2.46. The normalized spacial score (nSPS) is 20.4. The van der Waals surface area contributed by atoms with Gasteiger partial charge in [-0.3, -0.25) is 0 Å². The van der Waals surface area contributed by atoms with E-state index in [2.05, 4.69) is 0 Å². The van der Waals surface area contributed by atoms with Crippen LogP contribution in [-0.4, -0.2) is 24.9 Å². The van der Waals surface area contributed by atoms with Crippen molar-refractivity contribution >= 4 is 12.0 Å². The molecule has 2 aliphatic heterocycles. The van der Waals surface area contributed by atoms with Crippen molar-refractivity contribution in [3.63, 3.8) is 0 Å². The molecular formula is C13H8F3O4-. The fraction of sp³-hybridized carbons (Fsp3) is 0.308. The Morgan fingerprint density at radius 2 is 2.05 bits per heavy atom. The number of fused-ring (bicyclic) bond motifs is 2. The van der Waals surface area contributed by atoms with Crippen LogP contribution in [0.4, 0.5) is 13.2 Å². The zero-order chi connectivity index (χ0) is 14.5. The number of ether oxygens (including phenoxy) is 2. The minimum atomic E-state index is -4.82. The number of hydrogen-bond donors (Lipinski definition) is 0. The topological polar surface area (TPSA) is 58.6 Å². The van der Waals surface area contributed by atoms with Gasteiger partial charge in [0, 0.05) is 23.1 Å². The van der Waals surface area contributed by atoms with Gasteiger partial charge in [0.05, 0.1) is 12.6 Å². The van der Waals surface area contributed by atoms with Gasteiger partial charge in [-0.1, -0.05) is 0 Å². The number of alkyl halides is 3. The number of rotatable bonds is 1. The largest absolute Gasteiger partial charge is 0.545 e. The second-order valence-corrected chi connectivity index (χ2v) is 4.52. The van der Waals surface area contributed by atoms with Crippen LogP contribution in [0.2, 0.25) is 0 Å². The third kappa shape index (κ3) is 1.99. The Labute approximate surface area is 111 Å². The fourth-order valence-corrected chi connectivity index (χ4v) is 2.28. The summed E-state index contributed by atoms with van der Waals surface area (Å²) >= 11 is 0. The minimum absolute atomic E-state index is 0.00146. The van der Waals surface area contributed by atoms with Gasteiger partial charge in [-0.25, -0.2) is 0 Å². The van der Waals surface area contributed by atoms with Crippen LogP contribution in [0.1, 0.15) is 11.1 Å². The van der Waals surface area contributed by atoms with E-state index in [0.29, 0.717) is 18.8 Å². The summed E-state index contributed by atoms with van der Waals surface area (Å²) in [7, 11) is 0. The molecule has 0 amide bonds. The molecule has 106 valence electrons. The number of carbonyl (C=O) groups is 1. The maximum Gasteiger partial charge on any atom is 0.429 e. The summed E-state index contributed by atoms with van der Waals surface area (Å²) in [5.41, 5.74) is 0.0447. The predicted molar refractivity (Wildman–Crippen MR) is 59.1 cm³/mol. The SMILES string of the molecule is O=C([O-])C1=Cc2cc3c(cc2OC1C(F)(F)F)CCO3. The lowest BCUT2D eigenvalue weighted by Crippen LogP contribution is -2.44. The lowest BCUT2D eigenvalue weighted by atomic mass is 9.99. The van der Waals surface area contributed by atoms with Crippen molar-refractivity contribution in [3.05, 3.63) is 28.8 Å². The molecular weight excluding hydrogens is 277 g/mol. The molecule has 0 spiro atoms. The van der Waals surface area contributed by atoms with Gasteiger partial charge in [0.1, 0.15) is 11.5 Å². The average Bonchev–Trinajstić information content (AvgIpc) is 2.80. The van der Waals surface area contributed by atoms with E-state index in [1.54, 1.807) is 0 Å². The van der Waals surface area contributed by atoms with Crippen molar-refractivity contribution < 1.29 is 32.5 Å². The Morgan fingerprint density at radius 3 is 2.70 bits per heavy atom. The predicted octanol–water partition coefficient (Wildman–Crippen LogP) is 1.08. The summed E-state index contributed by atoms with van der Waals surface area (Å²) in [6.45, 7) is 0.442. The molecule has 1 atom stereocenters. The Morgan fingerprint density at radius 1 is 1.30 bits per heavy atom. The lowest BCUT2D eigenvalue weighted by molar-refractivity contribution is -0.302. The molecule has 2 aliphatic rings. The number of carboxylic acid groups (broad SMARTS) is 1. The molecule has 1 unspecified atom stereocenters. The van der Waals surface area contributed by atoms with Gasteiger partial charge in [0.15, 0.2) is 0 Å². The molecule has 0 fully saturated rings. The van der Waals surface area contributed by atoms with Crippen LogP contribution in [0.5, 0.6) is 11.5 Å². The molecule has 0 saturated heterocycles. The monoisotopic (exact) mass is 285 g/mol. The lowest BCUT2D eigenvalue weighted by Gasteiger charge is -2.29.